The number of hydrogen-bond donors (Lipinski definition) is 1. The molecule has 4 aromatic rings. The van der Waals surface area contributed by atoms with Gasteiger partial charge in [-0.15, -0.1) is 0 Å². The Morgan fingerprint density at radius 3 is 2.25 bits per heavy atom. The van der Waals surface area contributed by atoms with Crippen molar-refractivity contribution in [1.29, 1.82) is 0 Å². The van der Waals surface area contributed by atoms with Gasteiger partial charge in [0.15, 0.2) is 0 Å². The molecule has 0 fully saturated rings. The summed E-state index contributed by atoms with van der Waals surface area (Å²) >= 11 is 0. The summed E-state index contributed by atoms with van der Waals surface area (Å²) in [7, 11) is 0. The zero-order valence-electron chi connectivity index (χ0n) is 29.3. The number of para-hydroxylation sites is 1. The van der Waals surface area contributed by atoms with E-state index in [1.165, 1.54) is 23.4 Å². The largest absolute Gasteiger partial charge is 0.489 e. The summed E-state index contributed by atoms with van der Waals surface area (Å²) in [5, 5.41) is 7.72. The highest BCUT2D eigenvalue weighted by Gasteiger charge is 2.30. The van der Waals surface area contributed by atoms with Crippen LogP contribution in [-0.4, -0.2) is 46.6 Å². The van der Waals surface area contributed by atoms with E-state index < -0.39 is 17.7 Å². The van der Waals surface area contributed by atoms with E-state index >= 15 is 0 Å². The van der Waals surface area contributed by atoms with Gasteiger partial charge in [-0.05, 0) is 104 Å². The van der Waals surface area contributed by atoms with Crippen LogP contribution in [0, 0.1) is 0 Å². The van der Waals surface area contributed by atoms with Gasteiger partial charge in [0.05, 0.1) is 12.2 Å². The van der Waals surface area contributed by atoms with Gasteiger partial charge in [0.2, 0.25) is 0 Å². The molecule has 1 atom stereocenters. The lowest BCUT2D eigenvalue weighted by molar-refractivity contribution is -0.143. The Balaban J connectivity index is 0.00000109. The first kappa shape index (κ1) is 39.1. The smallest absolute Gasteiger partial charge is 0.416 e. The second kappa shape index (κ2) is 19.6. The number of benzene rings is 3. The quantitative estimate of drug-likeness (QED) is 0.0974. The van der Waals surface area contributed by atoms with Gasteiger partial charge in [-0.1, -0.05) is 67.6 Å². The van der Waals surface area contributed by atoms with Gasteiger partial charge < -0.3 is 14.6 Å². The van der Waals surface area contributed by atoms with E-state index in [4.69, 9.17) is 14.6 Å². The van der Waals surface area contributed by atoms with Crippen LogP contribution in [0.2, 0.25) is 0 Å². The van der Waals surface area contributed by atoms with Gasteiger partial charge in [0, 0.05) is 37.3 Å². The minimum Gasteiger partial charge on any atom is -0.489 e. The molecule has 1 aliphatic carbocycles. The van der Waals surface area contributed by atoms with Crippen LogP contribution in [-0.2, 0) is 40.0 Å². The van der Waals surface area contributed by atoms with Crippen LogP contribution in [0.3, 0.4) is 0 Å². The van der Waals surface area contributed by atoms with Gasteiger partial charge in [0.25, 0.3) is 0 Å². The predicted molar refractivity (Wildman–Crippen MR) is 191 cm³/mol. The summed E-state index contributed by atoms with van der Waals surface area (Å²) in [6.07, 6.45) is 3.89. The van der Waals surface area contributed by atoms with Crippen LogP contribution in [0.1, 0.15) is 86.4 Å². The Kier molecular flexibility index (Phi) is 15.0. The Morgan fingerprint density at radius 2 is 1.59 bits per heavy atom. The highest BCUT2D eigenvalue weighted by molar-refractivity contribution is 5.69. The van der Waals surface area contributed by atoms with Gasteiger partial charge >= 0.3 is 18.1 Å². The molecular formula is C41H47F3N2O5. The lowest BCUT2D eigenvalue weighted by Gasteiger charge is -2.35. The van der Waals surface area contributed by atoms with Crippen LogP contribution < -0.4 is 4.74 Å². The molecule has 1 heterocycles. The standard InChI is InChI=1S/C38H41F3N2O3.C3H6O2/c1-2-45-37(44)14-5-6-25-43(35-12-7-11-34-33(35)10-8-24-42-34)26-23-31-9-3-4-13-36(31)46-27-28-15-17-29(18-16-28)30-19-21-32(22-20-30)38(39,40)41;1-2-3(4)5/h3-4,8-10,13,15-22,24,35H,2,5-7,11-12,14,23,25-27H2,1H3;2H2,1H3,(H,4,5). The number of nitrogens with zero attached hydrogens (tertiary/aromatic N) is 2. The molecule has 0 amide bonds. The molecule has 1 unspecified atom stereocenters. The molecule has 1 aromatic heterocycles. The van der Waals surface area contributed by atoms with Crippen LogP contribution in [0.15, 0.2) is 91.1 Å². The molecule has 272 valence electrons. The lowest BCUT2D eigenvalue weighted by atomic mass is 9.89. The summed E-state index contributed by atoms with van der Waals surface area (Å²) in [6.45, 7) is 5.95. The summed E-state index contributed by atoms with van der Waals surface area (Å²) in [5.74, 6) is -0.0474. The van der Waals surface area contributed by atoms with Gasteiger partial charge in [-0.25, -0.2) is 0 Å². The number of unbranched alkanes of at least 4 members (excludes halogenated alkanes) is 1. The van der Waals surface area contributed by atoms with E-state index in [1.54, 1.807) is 6.92 Å². The molecule has 3 aromatic carbocycles. The number of carboxylic acids is 1. The van der Waals surface area contributed by atoms with Crippen molar-refractivity contribution < 1.29 is 37.3 Å². The average molecular weight is 705 g/mol. The number of aromatic nitrogens is 1. The van der Waals surface area contributed by atoms with Crippen molar-refractivity contribution in [3.63, 3.8) is 0 Å². The van der Waals surface area contributed by atoms with Crippen molar-refractivity contribution in [3.05, 3.63) is 119 Å². The number of fused-ring (bicyclic) bond motifs is 1. The first-order valence-corrected chi connectivity index (χ1v) is 17.6. The normalized spacial score (nSPS) is 13.9. The van der Waals surface area contributed by atoms with E-state index in [0.29, 0.717) is 19.6 Å². The fourth-order valence-corrected chi connectivity index (χ4v) is 6.12. The average Bonchev–Trinajstić information content (AvgIpc) is 3.14. The number of ether oxygens (including phenoxy) is 2. The van der Waals surface area contributed by atoms with Crippen molar-refractivity contribution in [2.75, 3.05) is 19.7 Å². The number of carbonyl (C=O) groups is 2. The maximum atomic E-state index is 12.9. The van der Waals surface area contributed by atoms with Crippen molar-refractivity contribution in [2.45, 2.75) is 84.0 Å². The van der Waals surface area contributed by atoms with E-state index in [1.807, 2.05) is 61.7 Å². The molecule has 10 heteroatoms. The highest BCUT2D eigenvalue weighted by atomic mass is 19.4. The van der Waals surface area contributed by atoms with Crippen LogP contribution in [0.25, 0.3) is 11.1 Å². The fourth-order valence-electron chi connectivity index (χ4n) is 6.12. The molecule has 5 rings (SSSR count). The summed E-state index contributed by atoms with van der Waals surface area (Å²) in [5.41, 5.74) is 5.51. The van der Waals surface area contributed by atoms with Gasteiger partial charge in [-0.2, -0.15) is 13.2 Å². The molecule has 0 bridgehead atoms. The van der Waals surface area contributed by atoms with Crippen LogP contribution >= 0.6 is 0 Å². The number of aliphatic carboxylic acids is 1. The predicted octanol–water partition coefficient (Wildman–Crippen LogP) is 9.48. The SMILES string of the molecule is CCC(=O)O.CCOC(=O)CCCCN(CCc1ccccc1OCc1ccc(-c2ccc(C(F)(F)F)cc2)cc1)C1CCCc2ncccc21. The third kappa shape index (κ3) is 12.2. The molecule has 7 nitrogen and oxygen atoms in total. The molecule has 0 saturated carbocycles. The number of alkyl halides is 3. The van der Waals surface area contributed by atoms with Gasteiger partial charge in [-0.3, -0.25) is 19.5 Å². The zero-order valence-corrected chi connectivity index (χ0v) is 29.3. The monoisotopic (exact) mass is 704 g/mol. The fraction of sp³-hybridized carbons (Fsp3) is 0.390. The summed E-state index contributed by atoms with van der Waals surface area (Å²) in [4.78, 5) is 28.5. The Hall–Kier alpha value is -4.70. The van der Waals surface area contributed by atoms with E-state index in [-0.39, 0.29) is 18.4 Å². The molecule has 0 radical (unpaired) electrons. The second-order valence-corrected chi connectivity index (χ2v) is 12.4. The third-order valence-corrected chi connectivity index (χ3v) is 8.84. The number of aryl methyl sites for hydroxylation is 1. The Bertz CT molecular complexity index is 1680. The second-order valence-electron chi connectivity index (χ2n) is 12.4. The van der Waals surface area contributed by atoms with Crippen molar-refractivity contribution >= 4 is 11.9 Å². The first-order valence-electron chi connectivity index (χ1n) is 17.6. The topological polar surface area (TPSA) is 89.0 Å². The highest BCUT2D eigenvalue weighted by Crippen LogP contribution is 2.34. The molecule has 0 saturated heterocycles. The van der Waals surface area contributed by atoms with Gasteiger partial charge in [0.1, 0.15) is 12.4 Å². The third-order valence-electron chi connectivity index (χ3n) is 8.84. The lowest BCUT2D eigenvalue weighted by Crippen LogP contribution is -2.34. The maximum Gasteiger partial charge on any atom is 0.416 e. The van der Waals surface area contributed by atoms with Crippen molar-refractivity contribution in [3.8, 4) is 16.9 Å². The number of rotatable bonds is 15. The molecular weight excluding hydrogens is 657 g/mol. The van der Waals surface area contributed by atoms with E-state index in [2.05, 4.69) is 22.0 Å². The number of pyridine rings is 1. The number of esters is 1. The number of carboxylic acid groups (broad SMARTS) is 1. The van der Waals surface area contributed by atoms with Crippen LogP contribution in [0.5, 0.6) is 5.75 Å². The molecule has 1 aliphatic rings. The number of hydrogen-bond acceptors (Lipinski definition) is 6. The molecule has 0 spiro atoms. The minimum absolute atomic E-state index is 0.137. The van der Waals surface area contributed by atoms with E-state index in [9.17, 15) is 22.8 Å². The first-order chi connectivity index (χ1) is 24.6. The van der Waals surface area contributed by atoms with Crippen LogP contribution in [0.4, 0.5) is 13.2 Å². The maximum absolute atomic E-state index is 12.9. The number of halogens is 3. The molecule has 0 aliphatic heterocycles. The summed E-state index contributed by atoms with van der Waals surface area (Å²) < 4.78 is 50.2. The molecule has 51 heavy (non-hydrogen) atoms. The molecule has 1 N–H and O–H groups in total. The van der Waals surface area contributed by atoms with E-state index in [0.717, 1.165) is 91.8 Å². The number of carbonyl (C=O) groups excluding carboxylic acids is 1. The Labute approximate surface area is 298 Å². The summed E-state index contributed by atoms with van der Waals surface area (Å²) in [6, 6.07) is 25.5. The minimum atomic E-state index is -4.35. The van der Waals surface area contributed by atoms with Crippen molar-refractivity contribution in [2.24, 2.45) is 0 Å². The zero-order chi connectivity index (χ0) is 36.6. The Morgan fingerprint density at radius 1 is 0.902 bits per heavy atom. The van der Waals surface area contributed by atoms with Crippen molar-refractivity contribution in [1.82, 2.24) is 9.88 Å².